The average molecular weight is 378 g/mol. The minimum absolute atomic E-state index is 0. The molecule has 2 N–H and O–H groups in total. The first-order valence-corrected chi connectivity index (χ1v) is 7.84. The van der Waals surface area contributed by atoms with Gasteiger partial charge in [-0.05, 0) is 25.0 Å². The van der Waals surface area contributed by atoms with Crippen molar-refractivity contribution in [2.24, 2.45) is 5.73 Å². The van der Waals surface area contributed by atoms with Gasteiger partial charge in [-0.15, -0.1) is 12.4 Å². The van der Waals surface area contributed by atoms with Gasteiger partial charge in [0.1, 0.15) is 18.3 Å². The van der Waals surface area contributed by atoms with Crippen LogP contribution in [-0.4, -0.2) is 29.8 Å². The molecular weight excluding hydrogens is 362 g/mol. The number of rotatable bonds is 4. The highest BCUT2D eigenvalue weighted by Gasteiger charge is 2.36. The van der Waals surface area contributed by atoms with Crippen LogP contribution in [0.15, 0.2) is 35.4 Å². The molecule has 0 radical (unpaired) electrons. The van der Waals surface area contributed by atoms with Crippen molar-refractivity contribution in [2.45, 2.75) is 31.2 Å². The second-order valence-electron chi connectivity index (χ2n) is 6.09. The number of nitrogens with two attached hydrogens (primary N) is 1. The standard InChI is InChI=1S/C15H15N7O3.ClH/c16-15(5-1-2-6-15)14-19-13(25-20-14)10-3-4-11(12(7-10)22(23)24)21-9-17-8-18-21;/h3-4,7-9H,1-2,5-6,16H2;1H. The molecule has 1 aliphatic rings. The van der Waals surface area contributed by atoms with E-state index in [9.17, 15) is 10.1 Å². The minimum atomic E-state index is -0.575. The van der Waals surface area contributed by atoms with Crippen LogP contribution in [0.3, 0.4) is 0 Å². The maximum absolute atomic E-state index is 11.4. The van der Waals surface area contributed by atoms with E-state index in [4.69, 9.17) is 10.3 Å². The molecule has 0 aliphatic heterocycles. The number of nitro groups is 1. The first-order valence-electron chi connectivity index (χ1n) is 7.84. The number of hydrogen-bond donors (Lipinski definition) is 1. The lowest BCUT2D eigenvalue weighted by Gasteiger charge is -2.17. The molecule has 0 saturated heterocycles. The van der Waals surface area contributed by atoms with Gasteiger partial charge in [0.2, 0.25) is 0 Å². The lowest BCUT2D eigenvalue weighted by Crippen LogP contribution is -2.34. The molecule has 1 saturated carbocycles. The summed E-state index contributed by atoms with van der Waals surface area (Å²) in [4.78, 5) is 19.1. The van der Waals surface area contributed by atoms with Crippen LogP contribution in [0.2, 0.25) is 0 Å². The lowest BCUT2D eigenvalue weighted by atomic mass is 9.99. The molecule has 4 rings (SSSR count). The van der Waals surface area contributed by atoms with Crippen LogP contribution >= 0.6 is 12.4 Å². The molecule has 0 spiro atoms. The van der Waals surface area contributed by atoms with Gasteiger partial charge < -0.3 is 10.3 Å². The number of nitrogens with zero attached hydrogens (tertiary/aromatic N) is 6. The summed E-state index contributed by atoms with van der Waals surface area (Å²) in [5.74, 6) is 0.656. The Morgan fingerprint density at radius 1 is 1.31 bits per heavy atom. The van der Waals surface area contributed by atoms with E-state index in [1.165, 1.54) is 23.4 Å². The monoisotopic (exact) mass is 377 g/mol. The summed E-state index contributed by atoms with van der Waals surface area (Å²) in [6, 6.07) is 4.62. The third-order valence-corrected chi connectivity index (χ3v) is 4.45. The highest BCUT2D eigenvalue weighted by Crippen LogP contribution is 2.36. The van der Waals surface area contributed by atoms with Gasteiger partial charge >= 0.3 is 0 Å². The molecule has 0 bridgehead atoms. The second kappa shape index (κ2) is 6.81. The molecule has 0 atom stereocenters. The van der Waals surface area contributed by atoms with Crippen LogP contribution in [0.1, 0.15) is 31.5 Å². The summed E-state index contributed by atoms with van der Waals surface area (Å²) in [7, 11) is 0. The van der Waals surface area contributed by atoms with Crippen molar-refractivity contribution in [3.05, 3.63) is 46.8 Å². The molecule has 26 heavy (non-hydrogen) atoms. The zero-order valence-electron chi connectivity index (χ0n) is 13.6. The Hall–Kier alpha value is -2.85. The van der Waals surface area contributed by atoms with Crippen LogP contribution in [0.5, 0.6) is 0 Å². The minimum Gasteiger partial charge on any atom is -0.334 e. The molecule has 1 fully saturated rings. The molecule has 0 unspecified atom stereocenters. The highest BCUT2D eigenvalue weighted by atomic mass is 35.5. The van der Waals surface area contributed by atoms with Crippen molar-refractivity contribution in [1.82, 2.24) is 24.9 Å². The van der Waals surface area contributed by atoms with Crippen molar-refractivity contribution < 1.29 is 9.45 Å². The van der Waals surface area contributed by atoms with Gasteiger partial charge in [0.15, 0.2) is 5.82 Å². The van der Waals surface area contributed by atoms with Crippen molar-refractivity contribution in [1.29, 1.82) is 0 Å². The van der Waals surface area contributed by atoms with E-state index in [0.29, 0.717) is 17.1 Å². The fourth-order valence-corrected chi connectivity index (χ4v) is 3.10. The van der Waals surface area contributed by atoms with Gasteiger partial charge in [0.05, 0.1) is 10.5 Å². The predicted molar refractivity (Wildman–Crippen MR) is 92.9 cm³/mol. The van der Waals surface area contributed by atoms with E-state index in [0.717, 1.165) is 25.7 Å². The zero-order valence-corrected chi connectivity index (χ0v) is 14.4. The van der Waals surface area contributed by atoms with Gasteiger partial charge in [-0.1, -0.05) is 18.0 Å². The quantitative estimate of drug-likeness (QED) is 0.539. The molecule has 10 nitrogen and oxygen atoms in total. The molecule has 1 aliphatic carbocycles. The smallest absolute Gasteiger partial charge is 0.295 e. The van der Waals surface area contributed by atoms with Crippen molar-refractivity contribution in [3.63, 3.8) is 0 Å². The van der Waals surface area contributed by atoms with E-state index in [1.807, 2.05) is 0 Å². The first-order chi connectivity index (χ1) is 12.1. The zero-order chi connectivity index (χ0) is 17.4. The van der Waals surface area contributed by atoms with Gasteiger partial charge in [0, 0.05) is 11.6 Å². The average Bonchev–Trinajstić information content (AvgIpc) is 3.36. The first kappa shape index (κ1) is 18.0. The Bertz CT molecular complexity index is 919. The predicted octanol–water partition coefficient (Wildman–Crippen LogP) is 2.38. The van der Waals surface area contributed by atoms with E-state index < -0.39 is 10.5 Å². The Morgan fingerprint density at radius 2 is 2.08 bits per heavy atom. The van der Waals surface area contributed by atoms with Gasteiger partial charge in [-0.25, -0.2) is 9.67 Å². The molecule has 2 aromatic heterocycles. The van der Waals surface area contributed by atoms with Gasteiger partial charge in [-0.2, -0.15) is 10.1 Å². The topological polar surface area (TPSA) is 139 Å². The van der Waals surface area contributed by atoms with Crippen molar-refractivity contribution in [3.8, 4) is 17.1 Å². The molecule has 11 heteroatoms. The van der Waals surface area contributed by atoms with Crippen LogP contribution in [0.4, 0.5) is 5.69 Å². The van der Waals surface area contributed by atoms with Gasteiger partial charge in [0.25, 0.3) is 11.6 Å². The Kier molecular flexibility index (Phi) is 4.70. The van der Waals surface area contributed by atoms with Gasteiger partial charge in [-0.3, -0.25) is 10.1 Å². The molecule has 136 valence electrons. The fraction of sp³-hybridized carbons (Fsp3) is 0.333. The van der Waals surface area contributed by atoms with Crippen molar-refractivity contribution in [2.75, 3.05) is 0 Å². The Labute approximate surface area is 154 Å². The van der Waals surface area contributed by atoms with Crippen LogP contribution in [0, 0.1) is 10.1 Å². The number of aromatic nitrogens is 5. The van der Waals surface area contributed by atoms with E-state index >= 15 is 0 Å². The number of nitro benzene ring substituents is 1. The summed E-state index contributed by atoms with van der Waals surface area (Å²) >= 11 is 0. The van der Waals surface area contributed by atoms with Crippen LogP contribution < -0.4 is 5.73 Å². The number of halogens is 1. The fourth-order valence-electron chi connectivity index (χ4n) is 3.10. The third kappa shape index (κ3) is 3.04. The summed E-state index contributed by atoms with van der Waals surface area (Å²) in [6.07, 6.45) is 6.36. The summed E-state index contributed by atoms with van der Waals surface area (Å²) in [5.41, 5.74) is 6.38. The van der Waals surface area contributed by atoms with E-state index in [2.05, 4.69) is 20.2 Å². The lowest BCUT2D eigenvalue weighted by molar-refractivity contribution is -0.384. The molecule has 1 aromatic carbocycles. The van der Waals surface area contributed by atoms with E-state index in [-0.39, 0.29) is 24.0 Å². The molecular formula is C15H16ClN7O3. The molecule has 2 heterocycles. The summed E-state index contributed by atoms with van der Waals surface area (Å²) in [5, 5.41) is 19.3. The van der Waals surface area contributed by atoms with Crippen LogP contribution in [0.25, 0.3) is 17.1 Å². The highest BCUT2D eigenvalue weighted by molar-refractivity contribution is 5.85. The van der Waals surface area contributed by atoms with Crippen molar-refractivity contribution >= 4 is 18.1 Å². The summed E-state index contributed by atoms with van der Waals surface area (Å²) in [6.45, 7) is 0. The second-order valence-corrected chi connectivity index (χ2v) is 6.09. The third-order valence-electron chi connectivity index (χ3n) is 4.45. The maximum atomic E-state index is 11.4. The van der Waals surface area contributed by atoms with Crippen LogP contribution in [-0.2, 0) is 5.54 Å². The normalized spacial score (nSPS) is 15.6. The summed E-state index contributed by atoms with van der Waals surface area (Å²) < 4.78 is 6.62. The Morgan fingerprint density at radius 3 is 2.73 bits per heavy atom. The molecule has 0 amide bonds. The SMILES string of the molecule is Cl.NC1(c2noc(-c3ccc(-n4cncn4)c([N+](=O)[O-])c3)n2)CCCC1. The maximum Gasteiger partial charge on any atom is 0.295 e. The number of hydrogen-bond acceptors (Lipinski definition) is 8. The largest absolute Gasteiger partial charge is 0.334 e. The number of benzene rings is 1. The molecule has 3 aromatic rings. The Balaban J connectivity index is 0.00000196. The van der Waals surface area contributed by atoms with E-state index in [1.54, 1.807) is 12.1 Å².